The summed E-state index contributed by atoms with van der Waals surface area (Å²) in [7, 11) is 0. The minimum atomic E-state index is -1.85. The van der Waals surface area contributed by atoms with Crippen molar-refractivity contribution in [3.05, 3.63) is 133 Å². The summed E-state index contributed by atoms with van der Waals surface area (Å²) in [4.78, 5) is 13.7. The molecule has 0 amide bonds. The number of pyridine rings is 3. The number of aromatic nitrogens is 3. The fraction of sp³-hybridized carbons (Fsp3) is 0.250. The van der Waals surface area contributed by atoms with Crippen LogP contribution in [-0.2, 0) is 26.5 Å². The summed E-state index contributed by atoms with van der Waals surface area (Å²) in [6, 6.07) is 34.3. The van der Waals surface area contributed by atoms with Crippen LogP contribution in [0, 0.1) is 17.7 Å². The third-order valence-electron chi connectivity index (χ3n) is 8.60. The molecule has 1 radical (unpaired) electrons. The molecule has 257 valence electrons. The number of hydrogen-bond acceptors (Lipinski definition) is 4. The van der Waals surface area contributed by atoms with E-state index in [4.69, 9.17) is 4.42 Å². The fourth-order valence-electron chi connectivity index (χ4n) is 6.33. The number of benzene rings is 3. The van der Waals surface area contributed by atoms with Crippen molar-refractivity contribution in [3.8, 4) is 33.6 Å². The van der Waals surface area contributed by atoms with E-state index >= 15 is 0 Å². The van der Waals surface area contributed by atoms with Crippen molar-refractivity contribution in [2.75, 3.05) is 0 Å². The molecule has 7 rings (SSSR count). The van der Waals surface area contributed by atoms with E-state index in [-0.39, 0.29) is 25.5 Å². The molecule has 50 heavy (non-hydrogen) atoms. The van der Waals surface area contributed by atoms with Crippen LogP contribution in [0.4, 0.5) is 0 Å². The van der Waals surface area contributed by atoms with E-state index in [1.165, 1.54) is 15.5 Å². The van der Waals surface area contributed by atoms with Crippen molar-refractivity contribution in [2.45, 2.75) is 64.2 Å². The summed E-state index contributed by atoms with van der Waals surface area (Å²) < 4.78 is 7.85. The Morgan fingerprint density at radius 2 is 1.58 bits per heavy atom. The van der Waals surface area contributed by atoms with Crippen molar-refractivity contribution in [3.63, 3.8) is 0 Å². The number of nitrogens with zero attached hydrogens (tertiary/aromatic N) is 3. The molecule has 0 unspecified atom stereocenters. The van der Waals surface area contributed by atoms with Gasteiger partial charge in [-0.2, -0.15) is 0 Å². The summed E-state index contributed by atoms with van der Waals surface area (Å²) in [5.41, 5.74) is 10.6. The smallest absolute Gasteiger partial charge is 0 e. The second kappa shape index (κ2) is 15.6. The topological polar surface area (TPSA) is 51.8 Å². The molecular formula is C44H45GeIrN3O-2. The van der Waals surface area contributed by atoms with Crippen LogP contribution < -0.4 is 4.40 Å². The Morgan fingerprint density at radius 3 is 2.26 bits per heavy atom. The fourth-order valence-corrected chi connectivity index (χ4v) is 9.86. The minimum absolute atomic E-state index is 0. The second-order valence-corrected chi connectivity index (χ2v) is 25.8. The standard InChI is InChI=1S/C27H23N2O.C17H22GeN.Ir/c1-27(2,3)15-18-12-13-29-23(14-18)21-16-28-17-22-25-20(19-8-5-4-6-9-19)10-7-11-24(25)30-26(21)22;1-13(2)15-11-17(14-9-7-6-8-10-14)19-12-16(15)18(3,4)5;/h4-14,17H,15H2,1-3H3;6-9,11-13H,1-5H3;/q2*-1;. The molecule has 7 aromatic rings. The van der Waals surface area contributed by atoms with E-state index in [2.05, 4.69) is 140 Å². The summed E-state index contributed by atoms with van der Waals surface area (Å²) in [5, 5.41) is 2.06. The van der Waals surface area contributed by atoms with E-state index in [0.717, 1.165) is 62.0 Å². The zero-order chi connectivity index (χ0) is 34.8. The first-order chi connectivity index (χ1) is 23.4. The van der Waals surface area contributed by atoms with Gasteiger partial charge < -0.3 is 14.4 Å². The summed E-state index contributed by atoms with van der Waals surface area (Å²) in [6.07, 6.45) is 9.93. The maximum atomic E-state index is 6.33. The first-order valence-corrected chi connectivity index (χ1v) is 24.4. The minimum Gasteiger partial charge on any atom is 0 e. The zero-order valence-corrected chi connectivity index (χ0v) is 34.8. The summed E-state index contributed by atoms with van der Waals surface area (Å²) in [6.45, 7) is 11.3. The molecule has 0 atom stereocenters. The zero-order valence-electron chi connectivity index (χ0n) is 30.3. The van der Waals surface area contributed by atoms with Gasteiger partial charge in [0.25, 0.3) is 0 Å². The average Bonchev–Trinajstić information content (AvgIpc) is 3.47. The second-order valence-electron chi connectivity index (χ2n) is 15.3. The predicted octanol–water partition coefficient (Wildman–Crippen LogP) is 11.3. The van der Waals surface area contributed by atoms with E-state index < -0.39 is 13.3 Å². The predicted molar refractivity (Wildman–Crippen MR) is 208 cm³/mol. The molecular weight excluding hydrogens is 851 g/mol. The molecule has 0 spiro atoms. The SMILES string of the molecule is CC(C)(C)Cc1ccnc(-c2[c-]ncc3c2oc2cccc(-c4ccccc4)c23)c1.CC(C)c1cc(-c2[c-]cccc2)nc[c]1[Ge]([CH3])([CH3])[CH3].[Ir]. The van der Waals surface area contributed by atoms with Crippen LogP contribution in [0.1, 0.15) is 51.7 Å². The van der Waals surface area contributed by atoms with Gasteiger partial charge in [0.05, 0.1) is 5.58 Å². The number of fused-ring (bicyclic) bond motifs is 3. The maximum Gasteiger partial charge on any atom is 0 e. The Labute approximate surface area is 313 Å². The van der Waals surface area contributed by atoms with Crippen molar-refractivity contribution < 1.29 is 24.5 Å². The van der Waals surface area contributed by atoms with Gasteiger partial charge in [-0.05, 0) is 58.6 Å². The third kappa shape index (κ3) is 8.51. The van der Waals surface area contributed by atoms with Crippen molar-refractivity contribution in [2.24, 2.45) is 5.41 Å². The number of hydrogen-bond donors (Lipinski definition) is 0. The van der Waals surface area contributed by atoms with Gasteiger partial charge in [0.2, 0.25) is 0 Å². The van der Waals surface area contributed by atoms with E-state index in [0.29, 0.717) is 5.92 Å². The van der Waals surface area contributed by atoms with Gasteiger partial charge in [-0.25, -0.2) is 0 Å². The number of rotatable bonds is 6. The van der Waals surface area contributed by atoms with Gasteiger partial charge in [-0.1, -0.05) is 80.4 Å². The van der Waals surface area contributed by atoms with Crippen LogP contribution >= 0.6 is 0 Å². The van der Waals surface area contributed by atoms with Crippen molar-refractivity contribution >= 4 is 39.6 Å². The molecule has 0 aliphatic rings. The van der Waals surface area contributed by atoms with Gasteiger partial charge >= 0.3 is 119 Å². The molecule has 4 nitrogen and oxygen atoms in total. The molecule has 0 bridgehead atoms. The van der Waals surface area contributed by atoms with Crippen LogP contribution in [0.25, 0.3) is 55.6 Å². The quantitative estimate of drug-likeness (QED) is 0.123. The Morgan fingerprint density at radius 1 is 0.820 bits per heavy atom. The molecule has 6 heteroatoms. The largest absolute Gasteiger partial charge is 0 e. The van der Waals surface area contributed by atoms with Gasteiger partial charge in [0.1, 0.15) is 5.58 Å². The van der Waals surface area contributed by atoms with Crippen molar-refractivity contribution in [1.29, 1.82) is 0 Å². The monoisotopic (exact) mass is 898 g/mol. The van der Waals surface area contributed by atoms with E-state index in [1.54, 1.807) is 0 Å². The first kappa shape index (κ1) is 37.4. The average molecular weight is 897 g/mol. The molecule has 0 aliphatic carbocycles. The van der Waals surface area contributed by atoms with Crippen LogP contribution in [0.15, 0.2) is 114 Å². The Hall–Kier alpha value is -3.90. The molecule has 0 saturated carbocycles. The van der Waals surface area contributed by atoms with Gasteiger partial charge in [-0.3, -0.25) is 0 Å². The van der Waals surface area contributed by atoms with Crippen LogP contribution in [0.3, 0.4) is 0 Å². The van der Waals surface area contributed by atoms with Crippen LogP contribution in [0.5, 0.6) is 0 Å². The molecule has 0 aliphatic heterocycles. The van der Waals surface area contributed by atoms with Gasteiger partial charge in [0, 0.05) is 31.7 Å². The van der Waals surface area contributed by atoms with Gasteiger partial charge in [0.15, 0.2) is 0 Å². The van der Waals surface area contributed by atoms with E-state index in [1.807, 2.05) is 48.8 Å². The Balaban J connectivity index is 0.000000211. The van der Waals surface area contributed by atoms with E-state index in [9.17, 15) is 0 Å². The maximum absolute atomic E-state index is 6.33. The van der Waals surface area contributed by atoms with Gasteiger partial charge in [-0.15, -0.1) is 0 Å². The molecule has 0 saturated heterocycles. The molecule has 0 N–H and O–H groups in total. The van der Waals surface area contributed by atoms with Crippen LogP contribution in [0.2, 0.25) is 17.3 Å². The van der Waals surface area contributed by atoms with Crippen molar-refractivity contribution in [1.82, 2.24) is 15.0 Å². The number of furan rings is 1. The Kier molecular flexibility index (Phi) is 11.6. The Bertz CT molecular complexity index is 2200. The van der Waals surface area contributed by atoms with Crippen LogP contribution in [-0.4, -0.2) is 28.2 Å². The first-order valence-electron chi connectivity index (χ1n) is 17.1. The summed E-state index contributed by atoms with van der Waals surface area (Å²) >= 11 is -1.85. The third-order valence-corrected chi connectivity index (χ3v) is 12.9. The molecule has 4 aromatic heterocycles. The normalized spacial score (nSPS) is 11.7. The molecule has 3 aromatic carbocycles. The molecule has 4 heterocycles. The summed E-state index contributed by atoms with van der Waals surface area (Å²) in [5.74, 6) is 7.83. The molecule has 0 fully saturated rings.